The average molecular weight is 721 g/mol. The highest BCUT2D eigenvalue weighted by Crippen LogP contribution is 2.36. The number of aliphatic hydroxyl groups is 2. The van der Waals surface area contributed by atoms with Crippen LogP contribution in [0.3, 0.4) is 0 Å². The molecule has 4 N–H and O–H groups in total. The molecule has 0 aliphatic rings. The highest BCUT2D eigenvalue weighted by atomic mass is 31.2. The number of esters is 2. The van der Waals surface area contributed by atoms with Crippen LogP contribution >= 0.6 is 7.82 Å². The van der Waals surface area contributed by atoms with Gasteiger partial charge in [-0.15, -0.1) is 0 Å². The van der Waals surface area contributed by atoms with Gasteiger partial charge < -0.3 is 29.5 Å². The zero-order valence-corrected chi connectivity index (χ0v) is 32.0. The second kappa shape index (κ2) is 33.8. The average Bonchev–Trinajstić information content (AvgIpc) is 3.06. The molecule has 0 radical (unpaired) electrons. The number of unbranched alkanes of at least 4 members (excludes halogenated alkanes) is 20. The fourth-order valence-electron chi connectivity index (χ4n) is 5.63. The molecule has 0 unspecified atom stereocenters. The Morgan fingerprint density at radius 3 is 1.59 bits per heavy atom. The van der Waals surface area contributed by atoms with Crippen LogP contribution in [0.2, 0.25) is 0 Å². The second-order valence-electron chi connectivity index (χ2n) is 13.6. The minimum absolute atomic E-state index is 0.116. The molecule has 290 valence electrons. The van der Waals surface area contributed by atoms with Crippen LogP contribution < -0.4 is 0 Å². The molecule has 0 saturated heterocycles. The minimum Gasteiger partial charge on any atom is -0.462 e. The molecular formula is C38H73O10P. The maximum absolute atomic E-state index is 12.4. The Morgan fingerprint density at radius 1 is 0.592 bits per heavy atom. The first-order valence-electron chi connectivity index (χ1n) is 19.6. The molecule has 0 aromatic carbocycles. The fourth-order valence-corrected chi connectivity index (χ4v) is 5.99. The van der Waals surface area contributed by atoms with Crippen molar-refractivity contribution in [1.82, 2.24) is 0 Å². The van der Waals surface area contributed by atoms with Crippen molar-refractivity contribution < 1.29 is 48.2 Å². The van der Waals surface area contributed by atoms with Gasteiger partial charge in [-0.1, -0.05) is 148 Å². The van der Waals surface area contributed by atoms with Gasteiger partial charge in [0.25, 0.3) is 0 Å². The van der Waals surface area contributed by atoms with Crippen LogP contribution in [0, 0.1) is 0 Å². The van der Waals surface area contributed by atoms with Crippen molar-refractivity contribution in [3.05, 3.63) is 12.2 Å². The molecule has 0 aromatic heterocycles. The highest BCUT2D eigenvalue weighted by Gasteiger charge is 2.23. The molecule has 0 aliphatic carbocycles. The molecule has 0 aromatic rings. The number of allylic oxidation sites excluding steroid dienone is 1. The van der Waals surface area contributed by atoms with Crippen molar-refractivity contribution in [2.45, 2.75) is 206 Å². The molecule has 0 aliphatic heterocycles. The Morgan fingerprint density at radius 2 is 1.06 bits per heavy atom. The standard InChI is InChI=1S/C38H73O10P/c1-3-5-7-9-11-12-13-14-15-16-17-18-22-26-30-37(41)46-32-34(33-47-49(43,44)45)48-38(42)31-27-23-19-21-25-29-36(40)35(39)28-24-20-10-8-6-4-2/h20,24,34-36,39-40H,3-19,21-23,25-33H2,1-2H3,(H2,43,44,45)/b24-20-/t34-,35+,36+/m1/s1. The van der Waals surface area contributed by atoms with Crippen molar-refractivity contribution in [3.8, 4) is 0 Å². The third kappa shape index (κ3) is 34.9. The third-order valence-corrected chi connectivity index (χ3v) is 9.22. The lowest BCUT2D eigenvalue weighted by Gasteiger charge is -2.18. The number of phosphoric acid groups is 1. The number of ether oxygens (including phenoxy) is 2. The lowest BCUT2D eigenvalue weighted by Crippen LogP contribution is -2.29. The van der Waals surface area contributed by atoms with Crippen molar-refractivity contribution in [2.75, 3.05) is 13.2 Å². The Labute approximate surface area is 298 Å². The quantitative estimate of drug-likeness (QED) is 0.0212. The number of phosphoric ester groups is 1. The lowest BCUT2D eigenvalue weighted by molar-refractivity contribution is -0.161. The van der Waals surface area contributed by atoms with E-state index in [4.69, 9.17) is 19.3 Å². The Bertz CT molecular complexity index is 846. The SMILES string of the molecule is CCCCC/C=C\C[C@H](O)[C@@H](O)CCCCCCCC(=O)O[C@H](COC(=O)CCCCCCCCCCCCCCCC)COP(=O)(O)O. The van der Waals surface area contributed by atoms with Gasteiger partial charge in [0.2, 0.25) is 0 Å². The molecule has 0 fully saturated rings. The Hall–Kier alpha value is -1.29. The topological polar surface area (TPSA) is 160 Å². The number of hydrogen-bond donors (Lipinski definition) is 4. The van der Waals surface area contributed by atoms with Crippen molar-refractivity contribution in [1.29, 1.82) is 0 Å². The van der Waals surface area contributed by atoms with E-state index in [1.54, 1.807) is 0 Å². The van der Waals surface area contributed by atoms with E-state index >= 15 is 0 Å². The van der Waals surface area contributed by atoms with Crippen molar-refractivity contribution in [3.63, 3.8) is 0 Å². The Balaban J connectivity index is 4.06. The fraction of sp³-hybridized carbons (Fsp3) is 0.895. The molecule has 11 heteroatoms. The van der Waals surface area contributed by atoms with Crippen molar-refractivity contribution in [2.24, 2.45) is 0 Å². The first-order chi connectivity index (χ1) is 23.6. The van der Waals surface area contributed by atoms with Gasteiger partial charge in [0.1, 0.15) is 6.61 Å². The summed E-state index contributed by atoms with van der Waals surface area (Å²) in [6.45, 7) is 3.50. The normalized spacial score (nSPS) is 13.8. The van der Waals surface area contributed by atoms with Gasteiger partial charge in [0.05, 0.1) is 18.8 Å². The zero-order valence-electron chi connectivity index (χ0n) is 31.1. The second-order valence-corrected chi connectivity index (χ2v) is 14.8. The van der Waals surface area contributed by atoms with Crippen LogP contribution in [0.15, 0.2) is 12.2 Å². The number of carbonyl (C=O) groups excluding carboxylic acids is 2. The van der Waals surface area contributed by atoms with E-state index in [1.807, 2.05) is 6.08 Å². The van der Waals surface area contributed by atoms with E-state index in [1.165, 1.54) is 77.0 Å². The van der Waals surface area contributed by atoms with Gasteiger partial charge in [-0.2, -0.15) is 0 Å². The van der Waals surface area contributed by atoms with Crippen LogP contribution in [0.1, 0.15) is 187 Å². The van der Waals surface area contributed by atoms with Gasteiger partial charge in [0, 0.05) is 12.8 Å². The van der Waals surface area contributed by atoms with Crippen LogP contribution in [-0.4, -0.2) is 63.5 Å². The monoisotopic (exact) mass is 720 g/mol. The first kappa shape index (κ1) is 47.7. The van der Waals surface area contributed by atoms with E-state index in [2.05, 4.69) is 24.4 Å². The van der Waals surface area contributed by atoms with Crippen molar-refractivity contribution >= 4 is 19.8 Å². The van der Waals surface area contributed by atoms with Crippen LogP contribution in [0.25, 0.3) is 0 Å². The summed E-state index contributed by atoms with van der Waals surface area (Å²) >= 11 is 0. The summed E-state index contributed by atoms with van der Waals surface area (Å²) in [5, 5.41) is 20.3. The highest BCUT2D eigenvalue weighted by molar-refractivity contribution is 7.46. The molecule has 0 heterocycles. The maximum Gasteiger partial charge on any atom is 0.469 e. The summed E-state index contributed by atoms with van der Waals surface area (Å²) in [4.78, 5) is 42.7. The summed E-state index contributed by atoms with van der Waals surface area (Å²) in [7, 11) is -4.79. The zero-order chi connectivity index (χ0) is 36.4. The van der Waals surface area contributed by atoms with Crippen LogP contribution in [0.5, 0.6) is 0 Å². The van der Waals surface area contributed by atoms with Gasteiger partial charge >= 0.3 is 19.8 Å². The van der Waals surface area contributed by atoms with E-state index in [0.717, 1.165) is 57.8 Å². The summed E-state index contributed by atoms with van der Waals surface area (Å²) in [6, 6.07) is 0. The first-order valence-corrected chi connectivity index (χ1v) is 21.2. The third-order valence-electron chi connectivity index (χ3n) is 8.73. The summed E-state index contributed by atoms with van der Waals surface area (Å²) < 4.78 is 26.2. The van der Waals surface area contributed by atoms with E-state index in [9.17, 15) is 24.4 Å². The molecule has 0 rings (SSSR count). The predicted molar refractivity (Wildman–Crippen MR) is 196 cm³/mol. The number of rotatable bonds is 36. The van der Waals surface area contributed by atoms with Gasteiger partial charge in [-0.3, -0.25) is 14.1 Å². The smallest absolute Gasteiger partial charge is 0.462 e. The van der Waals surface area contributed by atoms with E-state index < -0.39 is 44.7 Å². The molecule has 49 heavy (non-hydrogen) atoms. The predicted octanol–water partition coefficient (Wildman–Crippen LogP) is 9.40. The number of carbonyl (C=O) groups is 2. The lowest BCUT2D eigenvalue weighted by atomic mass is 10.0. The van der Waals surface area contributed by atoms with Gasteiger partial charge in [-0.25, -0.2) is 4.57 Å². The van der Waals surface area contributed by atoms with Gasteiger partial charge in [0.15, 0.2) is 6.10 Å². The van der Waals surface area contributed by atoms with E-state index in [-0.39, 0.29) is 19.4 Å². The molecular weight excluding hydrogens is 647 g/mol. The summed E-state index contributed by atoms with van der Waals surface area (Å²) in [6.07, 6.45) is 28.1. The minimum atomic E-state index is -4.79. The molecule has 0 bridgehead atoms. The number of hydrogen-bond acceptors (Lipinski definition) is 8. The summed E-state index contributed by atoms with van der Waals surface area (Å²) in [5.41, 5.74) is 0. The molecule has 10 nitrogen and oxygen atoms in total. The summed E-state index contributed by atoms with van der Waals surface area (Å²) in [5.74, 6) is -0.990. The van der Waals surface area contributed by atoms with Crippen LogP contribution in [-0.2, 0) is 28.2 Å². The van der Waals surface area contributed by atoms with E-state index in [0.29, 0.717) is 25.7 Å². The maximum atomic E-state index is 12.4. The molecule has 3 atom stereocenters. The molecule has 0 saturated carbocycles. The number of aliphatic hydroxyl groups excluding tert-OH is 2. The molecule has 0 spiro atoms. The Kier molecular flexibility index (Phi) is 32.9. The molecule has 0 amide bonds. The largest absolute Gasteiger partial charge is 0.469 e. The van der Waals surface area contributed by atoms with Crippen LogP contribution in [0.4, 0.5) is 0 Å². The van der Waals surface area contributed by atoms with Gasteiger partial charge in [-0.05, 0) is 38.5 Å².